The first-order valence-electron chi connectivity index (χ1n) is 3.35. The standard InChI is InChI=1S/C8H10FNO/c1-10-8-3-2-7(9)4-6(8)5-11/h2-4,10-11H,5H2,1H3. The van der Waals surface area contributed by atoms with Gasteiger partial charge in [-0.1, -0.05) is 0 Å². The minimum Gasteiger partial charge on any atom is -0.392 e. The molecule has 3 heteroatoms. The second-order valence-electron chi connectivity index (χ2n) is 2.21. The molecule has 0 saturated carbocycles. The average Bonchev–Trinajstić information content (AvgIpc) is 2.04. The van der Waals surface area contributed by atoms with E-state index >= 15 is 0 Å². The average molecular weight is 155 g/mol. The van der Waals surface area contributed by atoms with Crippen LogP contribution in [0.15, 0.2) is 18.2 Å². The van der Waals surface area contributed by atoms with Crippen molar-refractivity contribution in [3.8, 4) is 0 Å². The maximum atomic E-state index is 12.5. The molecule has 0 heterocycles. The van der Waals surface area contributed by atoms with Gasteiger partial charge in [-0.15, -0.1) is 0 Å². The van der Waals surface area contributed by atoms with Crippen molar-refractivity contribution in [1.82, 2.24) is 0 Å². The molecule has 0 aromatic heterocycles. The summed E-state index contributed by atoms with van der Waals surface area (Å²) in [7, 11) is 1.73. The number of aliphatic hydroxyl groups is 1. The van der Waals surface area contributed by atoms with Gasteiger partial charge in [0.1, 0.15) is 5.82 Å². The van der Waals surface area contributed by atoms with Gasteiger partial charge in [0.15, 0.2) is 0 Å². The smallest absolute Gasteiger partial charge is 0.123 e. The van der Waals surface area contributed by atoms with E-state index in [1.54, 1.807) is 13.1 Å². The molecular formula is C8H10FNO. The fraction of sp³-hybridized carbons (Fsp3) is 0.250. The van der Waals surface area contributed by atoms with Crippen LogP contribution in [0.4, 0.5) is 10.1 Å². The van der Waals surface area contributed by atoms with E-state index in [-0.39, 0.29) is 12.4 Å². The molecule has 0 amide bonds. The minimum absolute atomic E-state index is 0.145. The maximum absolute atomic E-state index is 12.5. The molecule has 0 atom stereocenters. The summed E-state index contributed by atoms with van der Waals surface area (Å²) in [6.45, 7) is -0.145. The molecule has 0 aliphatic carbocycles. The second kappa shape index (κ2) is 3.34. The number of halogens is 1. The van der Waals surface area contributed by atoms with Crippen molar-refractivity contribution < 1.29 is 9.50 Å². The van der Waals surface area contributed by atoms with Crippen LogP contribution < -0.4 is 5.32 Å². The first-order chi connectivity index (χ1) is 5.27. The molecule has 1 aromatic carbocycles. The van der Waals surface area contributed by atoms with Crippen molar-refractivity contribution in [2.24, 2.45) is 0 Å². The Morgan fingerprint density at radius 3 is 2.82 bits per heavy atom. The van der Waals surface area contributed by atoms with Crippen molar-refractivity contribution >= 4 is 5.69 Å². The number of benzene rings is 1. The first kappa shape index (κ1) is 8.01. The summed E-state index contributed by atoms with van der Waals surface area (Å²) in [5.74, 6) is -0.326. The molecule has 1 aromatic rings. The van der Waals surface area contributed by atoms with Crippen LogP contribution in [0.2, 0.25) is 0 Å². The molecule has 0 aliphatic rings. The zero-order valence-electron chi connectivity index (χ0n) is 6.26. The van der Waals surface area contributed by atoms with Crippen LogP contribution in [0.3, 0.4) is 0 Å². The molecule has 0 fully saturated rings. The normalized spacial score (nSPS) is 9.73. The molecule has 0 saturated heterocycles. The largest absolute Gasteiger partial charge is 0.392 e. The molecule has 11 heavy (non-hydrogen) atoms. The van der Waals surface area contributed by atoms with Gasteiger partial charge in [0.2, 0.25) is 0 Å². The molecule has 0 radical (unpaired) electrons. The SMILES string of the molecule is CNc1ccc(F)cc1CO. The van der Waals surface area contributed by atoms with E-state index in [9.17, 15) is 4.39 Å². The van der Waals surface area contributed by atoms with Crippen molar-refractivity contribution in [2.45, 2.75) is 6.61 Å². The van der Waals surface area contributed by atoms with Gasteiger partial charge in [-0.05, 0) is 18.2 Å². The number of hydrogen-bond acceptors (Lipinski definition) is 2. The maximum Gasteiger partial charge on any atom is 0.123 e. The lowest BCUT2D eigenvalue weighted by Crippen LogP contribution is -1.95. The van der Waals surface area contributed by atoms with Gasteiger partial charge in [-0.2, -0.15) is 0 Å². The lowest BCUT2D eigenvalue weighted by atomic mass is 10.2. The molecule has 1 rings (SSSR count). The molecule has 0 unspecified atom stereocenters. The monoisotopic (exact) mass is 155 g/mol. The van der Waals surface area contributed by atoms with Gasteiger partial charge in [-0.25, -0.2) is 4.39 Å². The minimum atomic E-state index is -0.326. The molecule has 0 spiro atoms. The van der Waals surface area contributed by atoms with Crippen molar-refractivity contribution in [3.63, 3.8) is 0 Å². The van der Waals surface area contributed by atoms with Gasteiger partial charge >= 0.3 is 0 Å². The van der Waals surface area contributed by atoms with Crippen LogP contribution in [0.5, 0.6) is 0 Å². The Kier molecular flexibility index (Phi) is 2.44. The zero-order chi connectivity index (χ0) is 8.27. The molecule has 2 nitrogen and oxygen atoms in total. The predicted molar refractivity (Wildman–Crippen MR) is 41.9 cm³/mol. The Labute approximate surface area is 64.7 Å². The van der Waals surface area contributed by atoms with Gasteiger partial charge in [0.05, 0.1) is 6.61 Å². The van der Waals surface area contributed by atoms with Crippen LogP contribution in [0, 0.1) is 5.82 Å². The summed E-state index contributed by atoms with van der Waals surface area (Å²) >= 11 is 0. The van der Waals surface area contributed by atoms with Gasteiger partial charge in [-0.3, -0.25) is 0 Å². The third-order valence-corrected chi connectivity index (χ3v) is 1.51. The van der Waals surface area contributed by atoms with Crippen LogP contribution in [0.25, 0.3) is 0 Å². The molecule has 2 N–H and O–H groups in total. The Morgan fingerprint density at radius 1 is 1.55 bits per heavy atom. The quantitative estimate of drug-likeness (QED) is 0.675. The fourth-order valence-corrected chi connectivity index (χ4v) is 0.937. The first-order valence-corrected chi connectivity index (χ1v) is 3.35. The second-order valence-corrected chi connectivity index (χ2v) is 2.21. The summed E-state index contributed by atoms with van der Waals surface area (Å²) in [5.41, 5.74) is 1.33. The number of rotatable bonds is 2. The van der Waals surface area contributed by atoms with Crippen LogP contribution >= 0.6 is 0 Å². The summed E-state index contributed by atoms with van der Waals surface area (Å²) < 4.78 is 12.5. The highest BCUT2D eigenvalue weighted by Crippen LogP contribution is 2.15. The molecule has 60 valence electrons. The highest BCUT2D eigenvalue weighted by Gasteiger charge is 1.99. The van der Waals surface area contributed by atoms with E-state index in [2.05, 4.69) is 5.32 Å². The van der Waals surface area contributed by atoms with E-state index in [1.807, 2.05) is 0 Å². The topological polar surface area (TPSA) is 32.3 Å². The number of nitrogens with one attached hydrogen (secondary N) is 1. The predicted octanol–water partition coefficient (Wildman–Crippen LogP) is 1.36. The fourth-order valence-electron chi connectivity index (χ4n) is 0.937. The van der Waals surface area contributed by atoms with Crippen LogP contribution in [-0.4, -0.2) is 12.2 Å². The Hall–Kier alpha value is -1.09. The Morgan fingerprint density at radius 2 is 2.27 bits per heavy atom. The van der Waals surface area contributed by atoms with Crippen LogP contribution in [-0.2, 0) is 6.61 Å². The summed E-state index contributed by atoms with van der Waals surface area (Å²) in [6, 6.07) is 4.26. The summed E-state index contributed by atoms with van der Waals surface area (Å²) in [4.78, 5) is 0. The molecule has 0 bridgehead atoms. The van der Waals surface area contributed by atoms with Crippen LogP contribution in [0.1, 0.15) is 5.56 Å². The van der Waals surface area contributed by atoms with E-state index in [0.717, 1.165) is 5.69 Å². The van der Waals surface area contributed by atoms with Crippen molar-refractivity contribution in [2.75, 3.05) is 12.4 Å². The summed E-state index contributed by atoms with van der Waals surface area (Å²) in [5, 5.41) is 11.6. The number of anilines is 1. The van der Waals surface area contributed by atoms with E-state index < -0.39 is 0 Å². The lowest BCUT2D eigenvalue weighted by Gasteiger charge is -2.05. The van der Waals surface area contributed by atoms with E-state index in [1.165, 1.54) is 12.1 Å². The van der Waals surface area contributed by atoms with Gasteiger partial charge < -0.3 is 10.4 Å². The molecule has 0 aliphatic heterocycles. The van der Waals surface area contributed by atoms with Crippen molar-refractivity contribution in [1.29, 1.82) is 0 Å². The lowest BCUT2D eigenvalue weighted by molar-refractivity contribution is 0.282. The van der Waals surface area contributed by atoms with Gasteiger partial charge in [0.25, 0.3) is 0 Å². The Balaban J connectivity index is 3.06. The zero-order valence-corrected chi connectivity index (χ0v) is 6.26. The third-order valence-electron chi connectivity index (χ3n) is 1.51. The summed E-state index contributed by atoms with van der Waals surface area (Å²) in [6.07, 6.45) is 0. The highest BCUT2D eigenvalue weighted by atomic mass is 19.1. The third kappa shape index (κ3) is 1.68. The Bertz CT molecular complexity index is 250. The van der Waals surface area contributed by atoms with Gasteiger partial charge in [0, 0.05) is 18.3 Å². The highest BCUT2D eigenvalue weighted by molar-refractivity contribution is 5.50. The number of aliphatic hydroxyl groups excluding tert-OH is 1. The van der Waals surface area contributed by atoms with Crippen molar-refractivity contribution in [3.05, 3.63) is 29.6 Å². The van der Waals surface area contributed by atoms with E-state index in [4.69, 9.17) is 5.11 Å². The number of hydrogen-bond donors (Lipinski definition) is 2. The van der Waals surface area contributed by atoms with E-state index in [0.29, 0.717) is 5.56 Å². The molecular weight excluding hydrogens is 145 g/mol.